The van der Waals surface area contributed by atoms with Crippen LogP contribution < -0.4 is 4.90 Å². The van der Waals surface area contributed by atoms with E-state index >= 15 is 4.79 Å². The number of anilines is 1. The highest BCUT2D eigenvalue weighted by molar-refractivity contribution is 8.02. The molecule has 3 aromatic carbocycles. The minimum absolute atomic E-state index is 0.0212. The topological polar surface area (TPSA) is 87.1 Å². The number of benzene rings is 3. The van der Waals surface area contributed by atoms with Gasteiger partial charge >= 0.3 is 5.97 Å². The molecule has 2 bridgehead atoms. The summed E-state index contributed by atoms with van der Waals surface area (Å²) in [5.74, 6) is -2.36. The number of rotatable bonds is 11. The largest absolute Gasteiger partial charge is 0.461 e. The third-order valence-corrected chi connectivity index (χ3v) is 11.6. The zero-order valence-electron chi connectivity index (χ0n) is 24.9. The van der Waals surface area contributed by atoms with Crippen molar-refractivity contribution in [3.8, 4) is 0 Å². The normalized spacial score (nSPS) is 27.6. The molecular formula is C36H38N2O5S. The van der Waals surface area contributed by atoms with E-state index in [1.165, 1.54) is 6.08 Å². The zero-order chi connectivity index (χ0) is 31.0. The molecule has 7 atom stereocenters. The molecule has 3 saturated heterocycles. The average Bonchev–Trinajstić information content (AvgIpc) is 3.64. The summed E-state index contributed by atoms with van der Waals surface area (Å²) in [6.45, 7) is 9.67. The molecule has 228 valence electrons. The van der Waals surface area contributed by atoms with Gasteiger partial charge < -0.3 is 19.6 Å². The molecule has 7 nitrogen and oxygen atoms in total. The molecule has 3 unspecified atom stereocenters. The van der Waals surface area contributed by atoms with Gasteiger partial charge in [0.05, 0.1) is 29.2 Å². The Morgan fingerprint density at radius 1 is 1.09 bits per heavy atom. The first-order chi connectivity index (χ1) is 21.3. The molecular weight excluding hydrogens is 572 g/mol. The number of likely N-dealkylation sites (tertiary alicyclic amines) is 1. The minimum Gasteiger partial charge on any atom is -0.461 e. The highest BCUT2D eigenvalue weighted by Crippen LogP contribution is 2.69. The number of hydrogen-bond donors (Lipinski definition) is 1. The van der Waals surface area contributed by atoms with Crippen LogP contribution in [0.15, 0.2) is 98.1 Å². The van der Waals surface area contributed by atoms with Crippen LogP contribution in [0.2, 0.25) is 0 Å². The summed E-state index contributed by atoms with van der Waals surface area (Å²) < 4.78 is 4.68. The molecule has 1 N–H and O–H groups in total. The van der Waals surface area contributed by atoms with Crippen LogP contribution in [0, 0.1) is 17.8 Å². The van der Waals surface area contributed by atoms with Gasteiger partial charge in [-0.2, -0.15) is 0 Å². The Morgan fingerprint density at radius 3 is 2.52 bits per heavy atom. The van der Waals surface area contributed by atoms with Crippen LogP contribution in [0.3, 0.4) is 0 Å². The molecule has 0 aliphatic carbocycles. The van der Waals surface area contributed by atoms with E-state index in [-0.39, 0.29) is 42.7 Å². The summed E-state index contributed by atoms with van der Waals surface area (Å²) in [5.41, 5.74) is 1.65. The Hall–Kier alpha value is -3.88. The van der Waals surface area contributed by atoms with Crippen molar-refractivity contribution in [2.75, 3.05) is 24.7 Å². The number of thioether (sulfide) groups is 1. The third kappa shape index (κ3) is 4.85. The minimum atomic E-state index is -0.894. The molecule has 6 rings (SSSR count). The molecule has 0 radical (unpaired) electrons. The van der Waals surface area contributed by atoms with Gasteiger partial charge in [0.1, 0.15) is 12.6 Å². The lowest BCUT2D eigenvalue weighted by Crippen LogP contribution is -2.59. The SMILES string of the molecule is C=CCOC(=O)[C@@H]1[C@H]2C(=O)N([C@@H](CO)Cc3ccccc3)C(C(=O)N(CC=C)c3ccc4ccccc4c3)C23S[C@@H]1CC3C. The monoisotopic (exact) mass is 610 g/mol. The fraction of sp³-hybridized carbons (Fsp3) is 0.361. The smallest absolute Gasteiger partial charge is 0.311 e. The summed E-state index contributed by atoms with van der Waals surface area (Å²) in [6, 6.07) is 22.0. The molecule has 8 heteroatoms. The molecule has 3 aliphatic heterocycles. The van der Waals surface area contributed by atoms with E-state index in [0.29, 0.717) is 18.5 Å². The Bertz CT molecular complexity index is 1590. The number of nitrogens with zero attached hydrogens (tertiary/aromatic N) is 2. The van der Waals surface area contributed by atoms with E-state index in [4.69, 9.17) is 4.74 Å². The summed E-state index contributed by atoms with van der Waals surface area (Å²) >= 11 is 1.59. The maximum Gasteiger partial charge on any atom is 0.311 e. The van der Waals surface area contributed by atoms with Gasteiger partial charge in [-0.3, -0.25) is 14.4 Å². The molecule has 0 saturated carbocycles. The van der Waals surface area contributed by atoms with E-state index < -0.39 is 34.6 Å². The van der Waals surface area contributed by atoms with Crippen LogP contribution in [-0.4, -0.2) is 69.6 Å². The molecule has 3 aromatic rings. The second-order valence-electron chi connectivity index (χ2n) is 12.0. The third-order valence-electron chi connectivity index (χ3n) is 9.57. The first kappa shape index (κ1) is 30.2. The number of fused-ring (bicyclic) bond motifs is 2. The molecule has 0 aromatic heterocycles. The Kier molecular flexibility index (Phi) is 8.40. The standard InChI is InChI=1S/C36H38N2O5S/c1-4-17-37(27-16-15-25-13-9-10-14-26(25)21-27)34(41)32-36-23(3)19-29(44-36)30(35(42)43-18-5-2)31(36)33(40)38(32)28(22-39)20-24-11-7-6-8-12-24/h4-16,21,23,28-32,39H,1-2,17-20,22H2,3H3/t23?,28-,29-,30+,31+,32?,36?/m1/s1. The number of carbonyl (C=O) groups excluding carboxylic acids is 3. The summed E-state index contributed by atoms with van der Waals surface area (Å²) in [6.07, 6.45) is 4.28. The average molecular weight is 611 g/mol. The number of aliphatic hydroxyl groups excluding tert-OH is 1. The van der Waals surface area contributed by atoms with Gasteiger partial charge in [-0.1, -0.05) is 86.3 Å². The van der Waals surface area contributed by atoms with Crippen molar-refractivity contribution >= 4 is 46.0 Å². The van der Waals surface area contributed by atoms with Crippen molar-refractivity contribution in [2.24, 2.45) is 17.8 Å². The number of aliphatic hydroxyl groups is 1. The van der Waals surface area contributed by atoms with E-state index in [9.17, 15) is 14.7 Å². The van der Waals surface area contributed by atoms with Crippen molar-refractivity contribution in [2.45, 2.75) is 41.8 Å². The number of esters is 1. The van der Waals surface area contributed by atoms with E-state index in [2.05, 4.69) is 20.1 Å². The van der Waals surface area contributed by atoms with E-state index in [1.807, 2.05) is 72.8 Å². The lowest BCUT2D eigenvalue weighted by atomic mass is 9.66. The summed E-state index contributed by atoms with van der Waals surface area (Å²) in [7, 11) is 0. The zero-order valence-corrected chi connectivity index (χ0v) is 25.7. The highest BCUT2D eigenvalue weighted by Gasteiger charge is 2.77. The van der Waals surface area contributed by atoms with Gasteiger partial charge in [0.15, 0.2) is 0 Å². The van der Waals surface area contributed by atoms with Crippen LogP contribution in [0.5, 0.6) is 0 Å². The van der Waals surface area contributed by atoms with Crippen molar-refractivity contribution in [1.29, 1.82) is 0 Å². The van der Waals surface area contributed by atoms with Crippen LogP contribution in [0.25, 0.3) is 10.8 Å². The maximum absolute atomic E-state index is 15.1. The Balaban J connectivity index is 1.47. The maximum atomic E-state index is 15.1. The lowest BCUT2D eigenvalue weighted by Gasteiger charge is -2.42. The van der Waals surface area contributed by atoms with E-state index in [0.717, 1.165) is 16.3 Å². The second kappa shape index (κ2) is 12.3. The summed E-state index contributed by atoms with van der Waals surface area (Å²) in [4.78, 5) is 46.6. The summed E-state index contributed by atoms with van der Waals surface area (Å²) in [5, 5.41) is 12.7. The first-order valence-corrected chi connectivity index (χ1v) is 16.1. The number of ether oxygens (including phenoxy) is 1. The highest BCUT2D eigenvalue weighted by atomic mass is 32.2. The Morgan fingerprint density at radius 2 is 1.82 bits per heavy atom. The molecule has 3 aliphatic rings. The molecule has 2 amide bonds. The van der Waals surface area contributed by atoms with E-state index in [1.54, 1.807) is 27.6 Å². The van der Waals surface area contributed by atoms with Crippen molar-refractivity contribution in [3.05, 3.63) is 104 Å². The quantitative estimate of drug-likeness (QED) is 0.242. The lowest BCUT2D eigenvalue weighted by molar-refractivity contribution is -0.154. The predicted molar refractivity (Wildman–Crippen MR) is 174 cm³/mol. The van der Waals surface area contributed by atoms with Crippen LogP contribution in [-0.2, 0) is 25.5 Å². The fourth-order valence-corrected chi connectivity index (χ4v) is 10.1. The fourth-order valence-electron chi connectivity index (χ4n) is 7.72. The Labute approximate surface area is 262 Å². The van der Waals surface area contributed by atoms with Crippen molar-refractivity contribution in [3.63, 3.8) is 0 Å². The van der Waals surface area contributed by atoms with Gasteiger partial charge in [0.2, 0.25) is 5.91 Å². The predicted octanol–water partition coefficient (Wildman–Crippen LogP) is 5.03. The molecule has 3 fully saturated rings. The number of amides is 2. The van der Waals surface area contributed by atoms with Gasteiger partial charge in [0.25, 0.3) is 5.91 Å². The molecule has 44 heavy (non-hydrogen) atoms. The van der Waals surface area contributed by atoms with Crippen LogP contribution >= 0.6 is 11.8 Å². The van der Waals surface area contributed by atoms with Gasteiger partial charge in [-0.05, 0) is 47.2 Å². The van der Waals surface area contributed by atoms with Crippen molar-refractivity contribution in [1.82, 2.24) is 4.90 Å². The van der Waals surface area contributed by atoms with Gasteiger partial charge in [-0.15, -0.1) is 18.3 Å². The number of hydrogen-bond acceptors (Lipinski definition) is 6. The number of carbonyl (C=O) groups is 3. The van der Waals surface area contributed by atoms with Crippen LogP contribution in [0.4, 0.5) is 5.69 Å². The van der Waals surface area contributed by atoms with Crippen molar-refractivity contribution < 1.29 is 24.2 Å². The molecule has 3 heterocycles. The van der Waals surface area contributed by atoms with Crippen LogP contribution in [0.1, 0.15) is 18.9 Å². The molecule has 1 spiro atoms. The van der Waals surface area contributed by atoms with Gasteiger partial charge in [0, 0.05) is 17.5 Å². The first-order valence-electron chi connectivity index (χ1n) is 15.2. The second-order valence-corrected chi connectivity index (χ2v) is 13.6. The van der Waals surface area contributed by atoms with Gasteiger partial charge in [-0.25, -0.2) is 0 Å².